The molecule has 1 aromatic rings. The molecule has 4 aliphatic rings. The zero-order chi connectivity index (χ0) is 16.0. The van der Waals surface area contributed by atoms with Gasteiger partial charge < -0.3 is 10.1 Å². The Bertz CT molecular complexity index is 643. The summed E-state index contributed by atoms with van der Waals surface area (Å²) in [6.45, 7) is 2.05. The van der Waals surface area contributed by atoms with Gasteiger partial charge in [0.1, 0.15) is 0 Å². The van der Waals surface area contributed by atoms with Gasteiger partial charge in [0, 0.05) is 6.20 Å². The number of pyridine rings is 1. The van der Waals surface area contributed by atoms with Crippen molar-refractivity contribution in [2.24, 2.45) is 23.2 Å². The van der Waals surface area contributed by atoms with Crippen LogP contribution in [0.5, 0.6) is 0 Å². The normalized spacial score (nSPS) is 33.7. The minimum Gasteiger partial charge on any atom is -0.461 e. The fourth-order valence-corrected chi connectivity index (χ4v) is 5.28. The van der Waals surface area contributed by atoms with Crippen LogP contribution in [0.2, 0.25) is 0 Å². The molecule has 2 atom stereocenters. The van der Waals surface area contributed by atoms with Crippen molar-refractivity contribution in [3.05, 3.63) is 24.0 Å². The van der Waals surface area contributed by atoms with Crippen LogP contribution in [0.4, 0.5) is 5.69 Å². The summed E-state index contributed by atoms with van der Waals surface area (Å²) in [7, 11) is 0. The number of aromatic nitrogens is 1. The van der Waals surface area contributed by atoms with Crippen LogP contribution in [0.1, 0.15) is 49.5 Å². The first-order valence-electron chi connectivity index (χ1n) is 8.56. The summed E-state index contributed by atoms with van der Waals surface area (Å²) in [5.74, 6) is 1.55. The van der Waals surface area contributed by atoms with Crippen molar-refractivity contribution in [3.8, 4) is 0 Å². The van der Waals surface area contributed by atoms with Gasteiger partial charge in [-0.05, 0) is 68.9 Å². The van der Waals surface area contributed by atoms with E-state index in [1.165, 1.54) is 19.3 Å². The number of carbonyl (C=O) groups excluding carboxylic acids is 2. The molecule has 1 heterocycles. The Morgan fingerprint density at radius 2 is 2.04 bits per heavy atom. The van der Waals surface area contributed by atoms with Gasteiger partial charge in [0.15, 0.2) is 5.69 Å². The SMILES string of the molecule is CCOC(=O)c1ncccc1NC(=O)C12CC3CC(CC1C3)C2. The third-order valence-electron chi connectivity index (χ3n) is 5.97. The highest BCUT2D eigenvalue weighted by Crippen LogP contribution is 2.65. The van der Waals surface area contributed by atoms with Crippen molar-refractivity contribution in [1.29, 1.82) is 0 Å². The van der Waals surface area contributed by atoms with Crippen LogP contribution in [-0.2, 0) is 9.53 Å². The molecule has 4 saturated carbocycles. The van der Waals surface area contributed by atoms with Crippen LogP contribution < -0.4 is 5.32 Å². The number of esters is 1. The molecule has 1 N–H and O–H groups in total. The van der Waals surface area contributed by atoms with Crippen molar-refractivity contribution in [1.82, 2.24) is 4.98 Å². The second-order valence-electron chi connectivity index (χ2n) is 7.27. The molecule has 23 heavy (non-hydrogen) atoms. The van der Waals surface area contributed by atoms with E-state index in [4.69, 9.17) is 4.74 Å². The number of ether oxygens (including phenoxy) is 1. The molecule has 5 rings (SSSR count). The number of nitrogens with zero attached hydrogens (tertiary/aromatic N) is 1. The van der Waals surface area contributed by atoms with Gasteiger partial charge in [0.05, 0.1) is 17.7 Å². The molecule has 4 bridgehead atoms. The van der Waals surface area contributed by atoms with Gasteiger partial charge in [-0.2, -0.15) is 0 Å². The Labute approximate surface area is 135 Å². The lowest BCUT2D eigenvalue weighted by Crippen LogP contribution is -2.37. The Kier molecular flexibility index (Phi) is 3.39. The van der Waals surface area contributed by atoms with Crippen molar-refractivity contribution in [2.45, 2.75) is 39.0 Å². The molecule has 1 amide bonds. The summed E-state index contributed by atoms with van der Waals surface area (Å²) in [6, 6.07) is 3.46. The summed E-state index contributed by atoms with van der Waals surface area (Å²) in [5.41, 5.74) is 0.448. The molecule has 0 aliphatic heterocycles. The molecule has 0 radical (unpaired) electrons. The smallest absolute Gasteiger partial charge is 0.359 e. The van der Waals surface area contributed by atoms with Crippen LogP contribution in [0.25, 0.3) is 0 Å². The predicted molar refractivity (Wildman–Crippen MR) is 84.8 cm³/mol. The van der Waals surface area contributed by atoms with Gasteiger partial charge in [0.25, 0.3) is 0 Å². The standard InChI is InChI=1S/C18H22N2O3/c1-2-23-16(21)15-14(4-3-5-19-15)20-17(22)18-9-11-6-12(10-18)8-13(18)7-11/h3-5,11-13H,2,6-10H2,1H3,(H,20,22). The zero-order valence-electron chi connectivity index (χ0n) is 13.4. The first-order chi connectivity index (χ1) is 11.1. The number of hydrogen-bond donors (Lipinski definition) is 1. The van der Waals surface area contributed by atoms with E-state index in [2.05, 4.69) is 10.3 Å². The number of carbonyl (C=O) groups is 2. The zero-order valence-corrected chi connectivity index (χ0v) is 13.4. The molecule has 0 spiro atoms. The molecule has 4 fully saturated rings. The van der Waals surface area contributed by atoms with E-state index in [-0.39, 0.29) is 23.6 Å². The fourth-order valence-electron chi connectivity index (χ4n) is 5.28. The lowest BCUT2D eigenvalue weighted by atomic mass is 9.75. The van der Waals surface area contributed by atoms with E-state index in [9.17, 15) is 9.59 Å². The van der Waals surface area contributed by atoms with E-state index in [1.54, 1.807) is 25.3 Å². The maximum atomic E-state index is 13.0. The second kappa shape index (κ2) is 5.32. The van der Waals surface area contributed by atoms with Crippen LogP contribution in [0.15, 0.2) is 18.3 Å². The summed E-state index contributed by atoms with van der Waals surface area (Å²) < 4.78 is 5.03. The first kappa shape index (κ1) is 14.7. The van der Waals surface area contributed by atoms with E-state index in [0.717, 1.165) is 24.7 Å². The summed E-state index contributed by atoms with van der Waals surface area (Å²) in [6.07, 6.45) is 7.25. The average Bonchev–Trinajstić information content (AvgIpc) is 2.93. The topological polar surface area (TPSA) is 68.3 Å². The number of hydrogen-bond acceptors (Lipinski definition) is 4. The average molecular weight is 314 g/mol. The highest BCUT2D eigenvalue weighted by molar-refractivity contribution is 6.02. The molecule has 5 nitrogen and oxygen atoms in total. The molecule has 122 valence electrons. The fraction of sp³-hybridized carbons (Fsp3) is 0.611. The van der Waals surface area contributed by atoms with Gasteiger partial charge in [-0.1, -0.05) is 0 Å². The molecule has 2 unspecified atom stereocenters. The van der Waals surface area contributed by atoms with E-state index in [1.807, 2.05) is 0 Å². The number of amides is 1. The van der Waals surface area contributed by atoms with Gasteiger partial charge in [-0.25, -0.2) is 9.78 Å². The second-order valence-corrected chi connectivity index (χ2v) is 7.27. The van der Waals surface area contributed by atoms with E-state index >= 15 is 0 Å². The summed E-state index contributed by atoms with van der Waals surface area (Å²) >= 11 is 0. The van der Waals surface area contributed by atoms with Gasteiger partial charge in [0.2, 0.25) is 5.91 Å². The molecule has 5 heteroatoms. The van der Waals surface area contributed by atoms with Gasteiger partial charge >= 0.3 is 5.97 Å². The van der Waals surface area contributed by atoms with Crippen molar-refractivity contribution >= 4 is 17.6 Å². The van der Waals surface area contributed by atoms with Crippen LogP contribution in [0, 0.1) is 23.2 Å². The highest BCUT2D eigenvalue weighted by Gasteiger charge is 2.61. The third-order valence-corrected chi connectivity index (χ3v) is 5.97. The molecule has 0 aromatic carbocycles. The molecule has 4 aliphatic carbocycles. The Morgan fingerprint density at radius 1 is 1.30 bits per heavy atom. The minimum atomic E-state index is -0.488. The number of rotatable bonds is 4. The Balaban J connectivity index is 1.57. The Morgan fingerprint density at radius 3 is 2.74 bits per heavy atom. The van der Waals surface area contributed by atoms with Crippen LogP contribution in [-0.4, -0.2) is 23.5 Å². The number of anilines is 1. The lowest BCUT2D eigenvalue weighted by molar-refractivity contribution is -0.127. The Hall–Kier alpha value is -1.91. The highest BCUT2D eigenvalue weighted by atomic mass is 16.5. The van der Waals surface area contributed by atoms with Gasteiger partial charge in [-0.15, -0.1) is 0 Å². The largest absolute Gasteiger partial charge is 0.461 e. The summed E-state index contributed by atoms with van der Waals surface area (Å²) in [4.78, 5) is 29.1. The van der Waals surface area contributed by atoms with Crippen LogP contribution >= 0.6 is 0 Å². The van der Waals surface area contributed by atoms with E-state index < -0.39 is 5.97 Å². The summed E-state index contributed by atoms with van der Waals surface area (Å²) in [5, 5.41) is 2.99. The quantitative estimate of drug-likeness (QED) is 0.867. The maximum absolute atomic E-state index is 13.0. The molecular weight excluding hydrogens is 292 g/mol. The molecular formula is C18H22N2O3. The van der Waals surface area contributed by atoms with Gasteiger partial charge in [-0.3, -0.25) is 4.79 Å². The van der Waals surface area contributed by atoms with Crippen LogP contribution in [0.3, 0.4) is 0 Å². The number of nitrogens with one attached hydrogen (secondary N) is 1. The lowest BCUT2D eigenvalue weighted by Gasteiger charge is -2.31. The molecule has 1 aromatic heterocycles. The van der Waals surface area contributed by atoms with Crippen molar-refractivity contribution in [2.75, 3.05) is 11.9 Å². The monoisotopic (exact) mass is 314 g/mol. The first-order valence-corrected chi connectivity index (χ1v) is 8.56. The third kappa shape index (κ3) is 2.25. The van der Waals surface area contributed by atoms with Crippen molar-refractivity contribution < 1.29 is 14.3 Å². The molecule has 0 saturated heterocycles. The predicted octanol–water partition coefficient (Wildman–Crippen LogP) is 3.02. The van der Waals surface area contributed by atoms with Crippen molar-refractivity contribution in [3.63, 3.8) is 0 Å². The maximum Gasteiger partial charge on any atom is 0.359 e. The minimum absolute atomic E-state index is 0.0748. The van der Waals surface area contributed by atoms with E-state index in [0.29, 0.717) is 11.6 Å².